The zero-order valence-electron chi connectivity index (χ0n) is 17.5. The lowest BCUT2D eigenvalue weighted by Crippen LogP contribution is -2.15. The summed E-state index contributed by atoms with van der Waals surface area (Å²) in [4.78, 5) is 12.6. The van der Waals surface area contributed by atoms with Crippen molar-refractivity contribution in [2.45, 2.75) is 19.0 Å². The molecule has 4 rings (SSSR count). The van der Waals surface area contributed by atoms with Crippen molar-refractivity contribution in [2.75, 3.05) is 11.1 Å². The van der Waals surface area contributed by atoms with Gasteiger partial charge in [-0.3, -0.25) is 9.36 Å². The zero-order valence-corrected chi connectivity index (χ0v) is 19.8. The number of nitrogens with one attached hydrogen (secondary N) is 1. The minimum atomic E-state index is -0.117. The lowest BCUT2D eigenvalue weighted by Gasteiger charge is -2.12. The molecule has 0 unspecified atom stereocenters. The van der Waals surface area contributed by atoms with E-state index in [0.29, 0.717) is 21.0 Å². The van der Waals surface area contributed by atoms with Crippen LogP contribution in [0.4, 0.5) is 5.69 Å². The topological polar surface area (TPSA) is 59.8 Å². The summed E-state index contributed by atoms with van der Waals surface area (Å²) in [5, 5.41) is 13.5. The van der Waals surface area contributed by atoms with Crippen molar-refractivity contribution >= 4 is 46.6 Å². The number of carbonyl (C=O) groups excluding carboxylic acids is 1. The number of rotatable bonds is 6. The summed E-state index contributed by atoms with van der Waals surface area (Å²) in [7, 11) is 0. The molecule has 0 aliphatic carbocycles. The number of amides is 1. The zero-order chi connectivity index (χ0) is 22.7. The number of benzene rings is 3. The Morgan fingerprint density at radius 1 is 0.969 bits per heavy atom. The van der Waals surface area contributed by atoms with E-state index in [0.717, 1.165) is 28.1 Å². The number of thioether (sulfide) groups is 1. The molecule has 1 amide bonds. The monoisotopic (exact) mass is 482 g/mol. The normalized spacial score (nSPS) is 10.9. The first-order valence-corrected chi connectivity index (χ1v) is 11.6. The van der Waals surface area contributed by atoms with Crippen LogP contribution in [0.5, 0.6) is 0 Å². The quantitative estimate of drug-likeness (QED) is 0.315. The number of carbonyl (C=O) groups is 1. The highest BCUT2D eigenvalue weighted by Gasteiger charge is 2.19. The first-order chi connectivity index (χ1) is 15.4. The maximum Gasteiger partial charge on any atom is 0.234 e. The molecule has 32 heavy (non-hydrogen) atoms. The minimum absolute atomic E-state index is 0.117. The van der Waals surface area contributed by atoms with Crippen LogP contribution in [-0.2, 0) is 4.79 Å². The molecule has 1 N–H and O–H groups in total. The molecule has 162 valence electrons. The maximum absolute atomic E-state index is 12.6. The van der Waals surface area contributed by atoms with Gasteiger partial charge in [0.05, 0.1) is 10.8 Å². The molecular weight excluding hydrogens is 463 g/mol. The van der Waals surface area contributed by atoms with Gasteiger partial charge in [-0.2, -0.15) is 0 Å². The number of aryl methyl sites for hydroxylation is 1. The third-order valence-electron chi connectivity index (χ3n) is 5.04. The molecule has 0 spiro atoms. The lowest BCUT2D eigenvalue weighted by molar-refractivity contribution is -0.113. The Labute approximate surface area is 200 Å². The first-order valence-electron chi connectivity index (χ1n) is 9.89. The molecule has 8 heteroatoms. The molecule has 3 aromatic carbocycles. The summed E-state index contributed by atoms with van der Waals surface area (Å²) < 4.78 is 1.88. The van der Waals surface area contributed by atoms with Crippen molar-refractivity contribution in [3.63, 3.8) is 0 Å². The molecule has 4 aromatic rings. The Balaban J connectivity index is 1.62. The summed E-state index contributed by atoms with van der Waals surface area (Å²) >= 11 is 13.8. The third-order valence-corrected chi connectivity index (χ3v) is 6.55. The second-order valence-corrected chi connectivity index (χ2v) is 8.97. The molecule has 0 saturated carbocycles. The molecule has 0 aliphatic heterocycles. The van der Waals surface area contributed by atoms with Crippen LogP contribution in [0.1, 0.15) is 11.1 Å². The van der Waals surface area contributed by atoms with Crippen LogP contribution in [0, 0.1) is 13.8 Å². The number of halogens is 2. The highest BCUT2D eigenvalue weighted by molar-refractivity contribution is 7.99. The molecule has 0 fully saturated rings. The number of hydrogen-bond acceptors (Lipinski definition) is 4. The van der Waals surface area contributed by atoms with Gasteiger partial charge in [-0.25, -0.2) is 0 Å². The van der Waals surface area contributed by atoms with E-state index in [1.54, 1.807) is 12.1 Å². The Morgan fingerprint density at radius 2 is 1.72 bits per heavy atom. The average molecular weight is 483 g/mol. The number of nitrogens with zero attached hydrogens (tertiary/aromatic N) is 3. The summed E-state index contributed by atoms with van der Waals surface area (Å²) in [6.45, 7) is 4.01. The van der Waals surface area contributed by atoms with Crippen LogP contribution in [-0.4, -0.2) is 26.4 Å². The molecule has 0 saturated heterocycles. The number of anilines is 1. The second kappa shape index (κ2) is 9.77. The molecule has 0 aliphatic rings. The van der Waals surface area contributed by atoms with E-state index in [4.69, 9.17) is 23.2 Å². The largest absolute Gasteiger partial charge is 0.325 e. The van der Waals surface area contributed by atoms with E-state index < -0.39 is 0 Å². The van der Waals surface area contributed by atoms with Crippen LogP contribution in [0.15, 0.2) is 71.9 Å². The van der Waals surface area contributed by atoms with Gasteiger partial charge in [0, 0.05) is 22.0 Å². The summed E-state index contributed by atoms with van der Waals surface area (Å²) in [5.41, 5.74) is 4.57. The van der Waals surface area contributed by atoms with Crippen LogP contribution in [0.3, 0.4) is 0 Å². The molecule has 0 bridgehead atoms. The van der Waals surface area contributed by atoms with Crippen LogP contribution >= 0.6 is 35.0 Å². The van der Waals surface area contributed by atoms with Gasteiger partial charge in [0.2, 0.25) is 5.91 Å². The van der Waals surface area contributed by atoms with Gasteiger partial charge < -0.3 is 5.32 Å². The smallest absolute Gasteiger partial charge is 0.234 e. The van der Waals surface area contributed by atoms with E-state index in [1.807, 2.05) is 73.0 Å². The van der Waals surface area contributed by atoms with Crippen LogP contribution in [0.25, 0.3) is 17.1 Å². The number of aromatic nitrogens is 3. The van der Waals surface area contributed by atoms with Gasteiger partial charge in [-0.15, -0.1) is 10.2 Å². The van der Waals surface area contributed by atoms with Crippen molar-refractivity contribution < 1.29 is 4.79 Å². The predicted octanol–water partition coefficient (Wildman–Crippen LogP) is 6.59. The Hall–Kier alpha value is -2.80. The summed E-state index contributed by atoms with van der Waals surface area (Å²) in [6, 6.07) is 20.7. The minimum Gasteiger partial charge on any atom is -0.325 e. The van der Waals surface area contributed by atoms with Crippen molar-refractivity contribution in [2.24, 2.45) is 0 Å². The molecule has 0 radical (unpaired) electrons. The van der Waals surface area contributed by atoms with E-state index in [1.165, 1.54) is 11.8 Å². The average Bonchev–Trinajstić information content (AvgIpc) is 3.20. The molecule has 5 nitrogen and oxygen atoms in total. The first kappa shape index (κ1) is 22.4. The van der Waals surface area contributed by atoms with Gasteiger partial charge in [0.15, 0.2) is 11.0 Å². The van der Waals surface area contributed by atoms with Gasteiger partial charge in [-0.05, 0) is 67.4 Å². The van der Waals surface area contributed by atoms with Gasteiger partial charge in [-0.1, -0.05) is 59.2 Å². The van der Waals surface area contributed by atoms with E-state index in [9.17, 15) is 4.79 Å². The van der Waals surface area contributed by atoms with Crippen molar-refractivity contribution in [3.05, 3.63) is 87.9 Å². The highest BCUT2D eigenvalue weighted by atomic mass is 35.5. The molecular formula is C24H20Cl2N4OS. The van der Waals surface area contributed by atoms with Crippen molar-refractivity contribution in [1.29, 1.82) is 0 Å². The highest BCUT2D eigenvalue weighted by Crippen LogP contribution is 2.32. The summed E-state index contributed by atoms with van der Waals surface area (Å²) in [5.74, 6) is 0.658. The van der Waals surface area contributed by atoms with Crippen LogP contribution in [0.2, 0.25) is 10.0 Å². The maximum atomic E-state index is 12.6. The molecule has 1 heterocycles. The summed E-state index contributed by atoms with van der Waals surface area (Å²) in [6.07, 6.45) is 0. The predicted molar refractivity (Wildman–Crippen MR) is 132 cm³/mol. The van der Waals surface area contributed by atoms with E-state index >= 15 is 0 Å². The fourth-order valence-electron chi connectivity index (χ4n) is 3.21. The van der Waals surface area contributed by atoms with Crippen LogP contribution < -0.4 is 5.32 Å². The molecule has 0 atom stereocenters. The lowest BCUT2D eigenvalue weighted by atomic mass is 10.1. The van der Waals surface area contributed by atoms with E-state index in [-0.39, 0.29) is 11.7 Å². The van der Waals surface area contributed by atoms with Crippen molar-refractivity contribution in [3.8, 4) is 17.1 Å². The van der Waals surface area contributed by atoms with Gasteiger partial charge in [0.1, 0.15) is 0 Å². The Morgan fingerprint density at radius 3 is 2.47 bits per heavy atom. The number of hydrogen-bond donors (Lipinski definition) is 1. The molecule has 1 aromatic heterocycles. The Kier molecular flexibility index (Phi) is 6.84. The second-order valence-electron chi connectivity index (χ2n) is 7.18. The fourth-order valence-corrected chi connectivity index (χ4v) is 4.30. The van der Waals surface area contributed by atoms with E-state index in [2.05, 4.69) is 15.5 Å². The van der Waals surface area contributed by atoms with Gasteiger partial charge in [0.25, 0.3) is 0 Å². The van der Waals surface area contributed by atoms with Crippen molar-refractivity contribution in [1.82, 2.24) is 14.8 Å². The SMILES string of the molecule is Cc1cccc(NC(=O)CSc2nnc(-c3ccccc3Cl)n2-c2ccc(Cl)cc2)c1C. The third kappa shape index (κ3) is 4.83. The standard InChI is InChI=1S/C24H20Cl2N4OS/c1-15-6-5-9-21(16(15)2)27-22(31)14-32-24-29-28-23(19-7-3-4-8-20(19)26)30(24)18-12-10-17(25)11-13-18/h3-13H,14H2,1-2H3,(H,27,31). The van der Waals surface area contributed by atoms with Gasteiger partial charge >= 0.3 is 0 Å². The Bertz CT molecular complexity index is 1270. The fraction of sp³-hybridized carbons (Fsp3) is 0.125.